The second-order valence-electron chi connectivity index (χ2n) is 8.14. The SMILES string of the molecule is CNc1nc(-c2cccn2C)nc2c1ncn2CCCCOC(=O)NCc1ccc2c(c1)OCO2. The van der Waals surface area contributed by atoms with E-state index in [0.29, 0.717) is 49.3 Å². The second kappa shape index (κ2) is 9.92. The van der Waals surface area contributed by atoms with Crippen LogP contribution in [0.4, 0.5) is 10.6 Å². The molecule has 4 aromatic rings. The summed E-state index contributed by atoms with van der Waals surface area (Å²) in [5.41, 5.74) is 3.33. The van der Waals surface area contributed by atoms with E-state index in [1.165, 1.54) is 0 Å². The first-order chi connectivity index (χ1) is 17.1. The van der Waals surface area contributed by atoms with Gasteiger partial charge in [-0.3, -0.25) is 0 Å². The number of benzene rings is 1. The molecule has 182 valence electrons. The van der Waals surface area contributed by atoms with E-state index in [0.717, 1.165) is 28.8 Å². The molecule has 3 aromatic heterocycles. The maximum Gasteiger partial charge on any atom is 0.407 e. The highest BCUT2D eigenvalue weighted by molar-refractivity contribution is 5.84. The molecule has 1 aromatic carbocycles. The Morgan fingerprint density at radius 1 is 1.17 bits per heavy atom. The number of carbonyl (C=O) groups is 1. The molecule has 0 radical (unpaired) electrons. The van der Waals surface area contributed by atoms with Gasteiger partial charge in [0.25, 0.3) is 0 Å². The minimum absolute atomic E-state index is 0.223. The Labute approximate surface area is 202 Å². The van der Waals surface area contributed by atoms with Gasteiger partial charge in [0.2, 0.25) is 6.79 Å². The first kappa shape index (κ1) is 22.5. The fourth-order valence-corrected chi connectivity index (χ4v) is 3.92. The standard InChI is InChI=1S/C24H27N7O4/c1-25-22-20-23(29-21(28-22)17-6-5-9-30(17)2)31(14-27-20)10-3-4-11-33-24(32)26-13-16-7-8-18-19(12-16)35-15-34-18/h5-9,12,14H,3-4,10-11,13,15H2,1-2H3,(H,26,32)(H,25,28,29). The summed E-state index contributed by atoms with van der Waals surface area (Å²) in [5.74, 6) is 2.73. The number of ether oxygens (including phenoxy) is 3. The first-order valence-electron chi connectivity index (χ1n) is 11.4. The van der Waals surface area contributed by atoms with Crippen molar-refractivity contribution in [2.24, 2.45) is 7.05 Å². The van der Waals surface area contributed by atoms with E-state index in [9.17, 15) is 4.79 Å². The van der Waals surface area contributed by atoms with Crippen LogP contribution in [0, 0.1) is 0 Å². The van der Waals surface area contributed by atoms with E-state index < -0.39 is 6.09 Å². The van der Waals surface area contributed by atoms with Gasteiger partial charge in [-0.15, -0.1) is 0 Å². The van der Waals surface area contributed by atoms with Crippen molar-refractivity contribution < 1.29 is 19.0 Å². The monoisotopic (exact) mass is 477 g/mol. The lowest BCUT2D eigenvalue weighted by Crippen LogP contribution is -2.24. The average molecular weight is 478 g/mol. The molecule has 0 saturated carbocycles. The zero-order chi connectivity index (χ0) is 24.2. The maximum absolute atomic E-state index is 12.0. The number of aromatic nitrogens is 5. The van der Waals surface area contributed by atoms with Crippen molar-refractivity contribution in [2.75, 3.05) is 25.8 Å². The lowest BCUT2D eigenvalue weighted by atomic mass is 10.2. The van der Waals surface area contributed by atoms with Gasteiger partial charge in [-0.1, -0.05) is 6.07 Å². The fraction of sp³-hybridized carbons (Fsp3) is 0.333. The first-order valence-corrected chi connectivity index (χ1v) is 11.4. The molecule has 1 aliphatic heterocycles. The van der Waals surface area contributed by atoms with Gasteiger partial charge in [-0.05, 0) is 42.7 Å². The Kier molecular flexibility index (Phi) is 6.38. The summed E-state index contributed by atoms with van der Waals surface area (Å²) in [6.45, 7) is 1.60. The van der Waals surface area contributed by atoms with Gasteiger partial charge in [0.1, 0.15) is 5.52 Å². The van der Waals surface area contributed by atoms with Crippen LogP contribution < -0.4 is 20.1 Å². The zero-order valence-electron chi connectivity index (χ0n) is 19.7. The number of amides is 1. The van der Waals surface area contributed by atoms with Crippen molar-refractivity contribution in [2.45, 2.75) is 25.9 Å². The summed E-state index contributed by atoms with van der Waals surface area (Å²) in [5, 5.41) is 5.87. The number of hydrogen-bond acceptors (Lipinski definition) is 8. The molecule has 35 heavy (non-hydrogen) atoms. The predicted molar refractivity (Wildman–Crippen MR) is 129 cm³/mol. The molecule has 5 rings (SSSR count). The highest BCUT2D eigenvalue weighted by Gasteiger charge is 2.16. The van der Waals surface area contributed by atoms with Crippen molar-refractivity contribution >= 4 is 23.1 Å². The Balaban J connectivity index is 1.12. The van der Waals surface area contributed by atoms with Crippen LogP contribution in [-0.2, 0) is 24.9 Å². The van der Waals surface area contributed by atoms with Gasteiger partial charge in [0.15, 0.2) is 28.8 Å². The van der Waals surface area contributed by atoms with Crippen molar-refractivity contribution in [1.29, 1.82) is 0 Å². The van der Waals surface area contributed by atoms with Crippen LogP contribution in [-0.4, -0.2) is 50.6 Å². The molecule has 0 unspecified atom stereocenters. The molecular formula is C24H27N7O4. The van der Waals surface area contributed by atoms with E-state index in [1.807, 2.05) is 59.8 Å². The van der Waals surface area contributed by atoms with Gasteiger partial charge in [0.05, 0.1) is 18.6 Å². The molecule has 0 saturated heterocycles. The van der Waals surface area contributed by atoms with Crippen LogP contribution in [0.2, 0.25) is 0 Å². The Morgan fingerprint density at radius 2 is 2.06 bits per heavy atom. The summed E-state index contributed by atoms with van der Waals surface area (Å²) < 4.78 is 19.9. The number of unbranched alkanes of at least 4 members (excludes halogenated alkanes) is 1. The van der Waals surface area contributed by atoms with E-state index in [-0.39, 0.29) is 6.79 Å². The van der Waals surface area contributed by atoms with E-state index in [2.05, 4.69) is 20.6 Å². The molecule has 0 spiro atoms. The normalized spacial score (nSPS) is 12.2. The topological polar surface area (TPSA) is 117 Å². The molecule has 4 heterocycles. The van der Waals surface area contributed by atoms with Gasteiger partial charge in [-0.2, -0.15) is 0 Å². The number of nitrogens with one attached hydrogen (secondary N) is 2. The Bertz CT molecular complexity index is 1350. The molecule has 1 amide bonds. The van der Waals surface area contributed by atoms with Gasteiger partial charge in [0, 0.05) is 33.4 Å². The van der Waals surface area contributed by atoms with Gasteiger partial charge < -0.3 is 34.0 Å². The third kappa shape index (κ3) is 4.84. The van der Waals surface area contributed by atoms with Gasteiger partial charge >= 0.3 is 6.09 Å². The third-order valence-corrected chi connectivity index (χ3v) is 5.77. The second-order valence-corrected chi connectivity index (χ2v) is 8.14. The van der Waals surface area contributed by atoms with E-state index in [4.69, 9.17) is 19.2 Å². The number of hydrogen-bond donors (Lipinski definition) is 2. The molecule has 11 heteroatoms. The van der Waals surface area contributed by atoms with Crippen LogP contribution in [0.15, 0.2) is 42.9 Å². The predicted octanol–water partition coefficient (Wildman–Crippen LogP) is 3.31. The third-order valence-electron chi connectivity index (χ3n) is 5.77. The molecule has 11 nitrogen and oxygen atoms in total. The van der Waals surface area contributed by atoms with Crippen molar-refractivity contribution in [3.63, 3.8) is 0 Å². The van der Waals surface area contributed by atoms with Crippen molar-refractivity contribution in [3.05, 3.63) is 48.4 Å². The van der Waals surface area contributed by atoms with Crippen molar-refractivity contribution in [3.8, 4) is 23.0 Å². The minimum atomic E-state index is -0.450. The molecule has 0 fully saturated rings. The quantitative estimate of drug-likeness (QED) is 0.353. The summed E-state index contributed by atoms with van der Waals surface area (Å²) >= 11 is 0. The van der Waals surface area contributed by atoms with Crippen LogP contribution in [0.5, 0.6) is 11.5 Å². The number of carbonyl (C=O) groups excluding carboxylic acids is 1. The molecule has 0 bridgehead atoms. The molecule has 0 aliphatic carbocycles. The molecule has 1 aliphatic rings. The summed E-state index contributed by atoms with van der Waals surface area (Å²) in [7, 11) is 3.79. The van der Waals surface area contributed by atoms with Crippen LogP contribution >= 0.6 is 0 Å². The zero-order valence-corrected chi connectivity index (χ0v) is 19.7. The van der Waals surface area contributed by atoms with Crippen LogP contribution in [0.3, 0.4) is 0 Å². The highest BCUT2D eigenvalue weighted by atomic mass is 16.7. The van der Waals surface area contributed by atoms with Crippen molar-refractivity contribution in [1.82, 2.24) is 29.4 Å². The Morgan fingerprint density at radius 3 is 2.89 bits per heavy atom. The number of fused-ring (bicyclic) bond motifs is 2. The van der Waals surface area contributed by atoms with Gasteiger partial charge in [-0.25, -0.2) is 19.7 Å². The minimum Gasteiger partial charge on any atom is -0.454 e. The average Bonchev–Trinajstić information content (AvgIpc) is 3.61. The lowest BCUT2D eigenvalue weighted by molar-refractivity contribution is 0.143. The molecule has 2 N–H and O–H groups in total. The smallest absolute Gasteiger partial charge is 0.407 e. The fourth-order valence-electron chi connectivity index (χ4n) is 3.92. The van der Waals surface area contributed by atoms with E-state index in [1.54, 1.807) is 6.33 Å². The van der Waals surface area contributed by atoms with E-state index >= 15 is 0 Å². The maximum atomic E-state index is 12.0. The summed E-state index contributed by atoms with van der Waals surface area (Å²) in [6, 6.07) is 9.51. The summed E-state index contributed by atoms with van der Waals surface area (Å²) in [6.07, 6.45) is 4.80. The number of imidazole rings is 1. The lowest BCUT2D eigenvalue weighted by Gasteiger charge is -2.09. The number of anilines is 1. The number of alkyl carbamates (subject to hydrolysis) is 1. The molecule has 0 atom stereocenters. The highest BCUT2D eigenvalue weighted by Crippen LogP contribution is 2.32. The number of nitrogens with zero attached hydrogens (tertiary/aromatic N) is 5. The Hall–Kier alpha value is -4.28. The molecular weight excluding hydrogens is 450 g/mol. The largest absolute Gasteiger partial charge is 0.454 e. The van der Waals surface area contributed by atoms with Crippen LogP contribution in [0.1, 0.15) is 18.4 Å². The summed E-state index contributed by atoms with van der Waals surface area (Å²) in [4.78, 5) is 25.9. The number of aryl methyl sites for hydroxylation is 2. The number of rotatable bonds is 9. The van der Waals surface area contributed by atoms with Crippen LogP contribution in [0.25, 0.3) is 22.7 Å².